The lowest BCUT2D eigenvalue weighted by molar-refractivity contribution is 0.628. The van der Waals surface area contributed by atoms with Crippen LogP contribution in [0.3, 0.4) is 0 Å². The van der Waals surface area contributed by atoms with Gasteiger partial charge in [-0.3, -0.25) is 4.98 Å². The standard InChI is InChI=1S/C21H18FN3S/c1-2-13-25-20(16-9-11-23-12-10-16)19(15-5-7-17(22)8-6-15)24-21(25)18-4-3-14-26-18/h3-12,14H,2,13H2,1H3. The number of thiophene rings is 1. The van der Waals surface area contributed by atoms with Crippen LogP contribution in [0.15, 0.2) is 66.3 Å². The minimum atomic E-state index is -0.245. The summed E-state index contributed by atoms with van der Waals surface area (Å²) >= 11 is 1.68. The summed E-state index contributed by atoms with van der Waals surface area (Å²) in [5, 5.41) is 2.06. The number of rotatable bonds is 5. The summed E-state index contributed by atoms with van der Waals surface area (Å²) in [6.45, 7) is 3.02. The van der Waals surface area contributed by atoms with Gasteiger partial charge in [-0.15, -0.1) is 11.3 Å². The van der Waals surface area contributed by atoms with Crippen LogP contribution in [0.25, 0.3) is 33.2 Å². The lowest BCUT2D eigenvalue weighted by Gasteiger charge is -2.11. The second-order valence-electron chi connectivity index (χ2n) is 6.00. The molecule has 4 aromatic rings. The van der Waals surface area contributed by atoms with Crippen molar-refractivity contribution in [2.45, 2.75) is 19.9 Å². The van der Waals surface area contributed by atoms with Crippen LogP contribution in [0.5, 0.6) is 0 Å². The molecule has 26 heavy (non-hydrogen) atoms. The Morgan fingerprint density at radius 3 is 2.42 bits per heavy atom. The van der Waals surface area contributed by atoms with Crippen molar-refractivity contribution in [2.24, 2.45) is 0 Å². The number of nitrogens with zero attached hydrogens (tertiary/aromatic N) is 3. The summed E-state index contributed by atoms with van der Waals surface area (Å²) in [4.78, 5) is 10.2. The Hall–Kier alpha value is -2.79. The Morgan fingerprint density at radius 2 is 1.77 bits per heavy atom. The maximum absolute atomic E-state index is 13.4. The van der Waals surface area contributed by atoms with Crippen LogP contribution in [0, 0.1) is 5.82 Å². The van der Waals surface area contributed by atoms with Crippen LogP contribution in [-0.4, -0.2) is 14.5 Å². The van der Waals surface area contributed by atoms with E-state index in [1.807, 2.05) is 18.2 Å². The molecule has 0 spiro atoms. The van der Waals surface area contributed by atoms with Crippen molar-refractivity contribution in [3.8, 4) is 33.2 Å². The van der Waals surface area contributed by atoms with Crippen molar-refractivity contribution in [2.75, 3.05) is 0 Å². The van der Waals surface area contributed by atoms with Gasteiger partial charge in [0.1, 0.15) is 5.82 Å². The van der Waals surface area contributed by atoms with E-state index in [2.05, 4.69) is 27.9 Å². The molecular formula is C21H18FN3S. The first-order valence-corrected chi connectivity index (χ1v) is 9.46. The molecule has 0 fully saturated rings. The highest BCUT2D eigenvalue weighted by molar-refractivity contribution is 7.13. The van der Waals surface area contributed by atoms with Gasteiger partial charge < -0.3 is 4.57 Å². The van der Waals surface area contributed by atoms with E-state index in [9.17, 15) is 4.39 Å². The van der Waals surface area contributed by atoms with Crippen molar-refractivity contribution in [1.29, 1.82) is 0 Å². The molecule has 0 aliphatic carbocycles. The predicted octanol–water partition coefficient (Wildman–Crippen LogP) is 5.89. The molecule has 0 aliphatic heterocycles. The van der Waals surface area contributed by atoms with Gasteiger partial charge in [0, 0.05) is 30.1 Å². The number of imidazole rings is 1. The predicted molar refractivity (Wildman–Crippen MR) is 104 cm³/mol. The average molecular weight is 363 g/mol. The van der Waals surface area contributed by atoms with E-state index in [4.69, 9.17) is 4.98 Å². The van der Waals surface area contributed by atoms with Crippen LogP contribution in [0.1, 0.15) is 13.3 Å². The molecule has 0 bridgehead atoms. The highest BCUT2D eigenvalue weighted by Crippen LogP contribution is 2.37. The molecule has 3 heterocycles. The summed E-state index contributed by atoms with van der Waals surface area (Å²) in [6.07, 6.45) is 4.57. The summed E-state index contributed by atoms with van der Waals surface area (Å²) < 4.78 is 15.7. The molecule has 3 aromatic heterocycles. The van der Waals surface area contributed by atoms with Gasteiger partial charge in [0.25, 0.3) is 0 Å². The molecule has 0 amide bonds. The third-order valence-electron chi connectivity index (χ3n) is 4.23. The molecule has 5 heteroatoms. The topological polar surface area (TPSA) is 30.7 Å². The monoisotopic (exact) mass is 363 g/mol. The Morgan fingerprint density at radius 1 is 1.00 bits per heavy atom. The third-order valence-corrected chi connectivity index (χ3v) is 5.09. The number of hydrogen-bond donors (Lipinski definition) is 0. The largest absolute Gasteiger partial charge is 0.323 e. The molecule has 0 aliphatic rings. The summed E-state index contributed by atoms with van der Waals surface area (Å²) in [5.41, 5.74) is 3.88. The quantitative estimate of drug-likeness (QED) is 0.443. The number of hydrogen-bond acceptors (Lipinski definition) is 3. The van der Waals surface area contributed by atoms with Crippen LogP contribution in [0.4, 0.5) is 4.39 Å². The molecule has 3 nitrogen and oxygen atoms in total. The highest BCUT2D eigenvalue weighted by atomic mass is 32.1. The van der Waals surface area contributed by atoms with Gasteiger partial charge in [-0.1, -0.05) is 13.0 Å². The summed E-state index contributed by atoms with van der Waals surface area (Å²) in [6, 6.07) is 14.7. The maximum atomic E-state index is 13.4. The Balaban J connectivity index is 2.00. The summed E-state index contributed by atoms with van der Waals surface area (Å²) in [5.74, 6) is 0.707. The maximum Gasteiger partial charge on any atom is 0.151 e. The molecule has 0 saturated heterocycles. The SMILES string of the molecule is CCCn1c(-c2cccs2)nc(-c2ccc(F)cc2)c1-c1ccncc1. The molecule has 1 aromatic carbocycles. The van der Waals surface area contributed by atoms with E-state index < -0.39 is 0 Å². The van der Waals surface area contributed by atoms with Gasteiger partial charge in [0.05, 0.1) is 16.3 Å². The fourth-order valence-electron chi connectivity index (χ4n) is 3.10. The second kappa shape index (κ2) is 7.22. The molecule has 0 radical (unpaired) electrons. The molecule has 0 unspecified atom stereocenters. The average Bonchev–Trinajstić information content (AvgIpc) is 3.31. The summed E-state index contributed by atoms with van der Waals surface area (Å²) in [7, 11) is 0. The Bertz CT molecular complexity index is 990. The third kappa shape index (κ3) is 3.06. The van der Waals surface area contributed by atoms with E-state index in [0.29, 0.717) is 0 Å². The van der Waals surface area contributed by atoms with E-state index >= 15 is 0 Å². The second-order valence-corrected chi connectivity index (χ2v) is 6.95. The Kier molecular flexibility index (Phi) is 4.63. The zero-order valence-corrected chi connectivity index (χ0v) is 15.2. The molecule has 4 rings (SSSR count). The number of pyridine rings is 1. The van der Waals surface area contributed by atoms with Crippen LogP contribution < -0.4 is 0 Å². The van der Waals surface area contributed by atoms with E-state index in [1.54, 1.807) is 35.9 Å². The Labute approximate surface area is 155 Å². The minimum absolute atomic E-state index is 0.245. The fourth-order valence-corrected chi connectivity index (χ4v) is 3.82. The van der Waals surface area contributed by atoms with Gasteiger partial charge in [-0.2, -0.15) is 0 Å². The van der Waals surface area contributed by atoms with Crippen molar-refractivity contribution in [3.05, 3.63) is 72.1 Å². The van der Waals surface area contributed by atoms with Crippen LogP contribution in [0.2, 0.25) is 0 Å². The minimum Gasteiger partial charge on any atom is -0.323 e. The van der Waals surface area contributed by atoms with Gasteiger partial charge in [-0.05, 0) is 54.3 Å². The van der Waals surface area contributed by atoms with E-state index in [-0.39, 0.29) is 5.82 Å². The molecule has 130 valence electrons. The number of halogens is 1. The van der Waals surface area contributed by atoms with E-state index in [0.717, 1.165) is 46.2 Å². The van der Waals surface area contributed by atoms with Gasteiger partial charge in [0.15, 0.2) is 5.82 Å². The number of benzene rings is 1. The molecular weight excluding hydrogens is 345 g/mol. The van der Waals surface area contributed by atoms with Crippen LogP contribution >= 0.6 is 11.3 Å². The first-order valence-electron chi connectivity index (χ1n) is 8.58. The van der Waals surface area contributed by atoms with Crippen molar-refractivity contribution in [3.63, 3.8) is 0 Å². The van der Waals surface area contributed by atoms with Crippen molar-refractivity contribution >= 4 is 11.3 Å². The first-order chi connectivity index (χ1) is 12.8. The smallest absolute Gasteiger partial charge is 0.151 e. The van der Waals surface area contributed by atoms with Gasteiger partial charge in [0.2, 0.25) is 0 Å². The zero-order valence-electron chi connectivity index (χ0n) is 14.4. The lowest BCUT2D eigenvalue weighted by atomic mass is 10.1. The molecule has 0 N–H and O–H groups in total. The van der Waals surface area contributed by atoms with Gasteiger partial charge in [-0.25, -0.2) is 9.37 Å². The zero-order chi connectivity index (χ0) is 17.9. The highest BCUT2D eigenvalue weighted by Gasteiger charge is 2.21. The fraction of sp³-hybridized carbons (Fsp3) is 0.143. The van der Waals surface area contributed by atoms with E-state index in [1.165, 1.54) is 12.1 Å². The van der Waals surface area contributed by atoms with Crippen molar-refractivity contribution < 1.29 is 4.39 Å². The van der Waals surface area contributed by atoms with Crippen molar-refractivity contribution in [1.82, 2.24) is 14.5 Å². The molecule has 0 saturated carbocycles. The van der Waals surface area contributed by atoms with Gasteiger partial charge >= 0.3 is 0 Å². The van der Waals surface area contributed by atoms with Crippen LogP contribution in [-0.2, 0) is 6.54 Å². The lowest BCUT2D eigenvalue weighted by Crippen LogP contribution is -2.01. The first kappa shape index (κ1) is 16.7. The number of aromatic nitrogens is 3. The normalized spacial score (nSPS) is 11.0. The molecule has 0 atom stereocenters.